The van der Waals surface area contributed by atoms with Crippen LogP contribution in [0.3, 0.4) is 0 Å². The smallest absolute Gasteiger partial charge is 0.410 e. The molecule has 1 aromatic carbocycles. The van der Waals surface area contributed by atoms with Gasteiger partial charge in [0.15, 0.2) is 0 Å². The largest absolute Gasteiger partial charge is 0.446 e. The summed E-state index contributed by atoms with van der Waals surface area (Å²) in [5, 5.41) is 2.21. The first kappa shape index (κ1) is 32.7. The van der Waals surface area contributed by atoms with Crippen LogP contribution in [-0.4, -0.2) is 79.1 Å². The molecule has 4 amide bonds. The van der Waals surface area contributed by atoms with Gasteiger partial charge in [-0.25, -0.2) is 13.2 Å². The predicted molar refractivity (Wildman–Crippen MR) is 168 cm³/mol. The number of allylic oxidation sites excluding steroid dienone is 1. The first-order valence-electron chi connectivity index (χ1n) is 15.9. The van der Waals surface area contributed by atoms with Gasteiger partial charge in [0.05, 0.1) is 17.1 Å². The zero-order valence-corrected chi connectivity index (χ0v) is 26.7. The van der Waals surface area contributed by atoms with Crippen LogP contribution in [0.2, 0.25) is 0 Å². The van der Waals surface area contributed by atoms with Gasteiger partial charge in [0, 0.05) is 32.6 Å². The van der Waals surface area contributed by atoms with Crippen molar-refractivity contribution in [1.82, 2.24) is 19.8 Å². The minimum Gasteiger partial charge on any atom is -0.446 e. The number of unbranched alkanes of at least 4 members (excludes halogenated alkanes) is 2. The van der Waals surface area contributed by atoms with Crippen LogP contribution in [-0.2, 0) is 42.1 Å². The second kappa shape index (κ2) is 13.4. The van der Waals surface area contributed by atoms with Gasteiger partial charge in [0.1, 0.15) is 11.6 Å². The lowest BCUT2D eigenvalue weighted by Crippen LogP contribution is -2.54. The maximum atomic E-state index is 13.9. The van der Waals surface area contributed by atoms with Crippen molar-refractivity contribution in [3.05, 3.63) is 60.7 Å². The minimum atomic E-state index is -3.83. The van der Waals surface area contributed by atoms with E-state index in [2.05, 4.69) is 23.2 Å². The third-order valence-electron chi connectivity index (χ3n) is 9.61. The van der Waals surface area contributed by atoms with E-state index in [9.17, 15) is 27.6 Å². The van der Waals surface area contributed by atoms with Crippen LogP contribution < -0.4 is 10.0 Å². The van der Waals surface area contributed by atoms with Gasteiger partial charge in [-0.3, -0.25) is 19.1 Å². The molecule has 11 nitrogen and oxygen atoms in total. The number of rotatable bonds is 13. The van der Waals surface area contributed by atoms with Gasteiger partial charge in [-0.15, -0.1) is 13.2 Å². The molecule has 1 heterocycles. The highest BCUT2D eigenvalue weighted by Gasteiger charge is 2.62. The predicted octanol–water partition coefficient (Wildman–Crippen LogP) is 3.06. The molecule has 1 aromatic rings. The van der Waals surface area contributed by atoms with Crippen LogP contribution in [0, 0.1) is 17.8 Å². The summed E-state index contributed by atoms with van der Waals surface area (Å²) in [5.41, 5.74) is 0.798. The van der Waals surface area contributed by atoms with Gasteiger partial charge < -0.3 is 19.9 Å². The fourth-order valence-corrected chi connectivity index (χ4v) is 7.94. The number of hydrogen-bond acceptors (Lipinski definition) is 7. The second-order valence-corrected chi connectivity index (χ2v) is 14.8. The number of carbonyl (C=O) groups is 4. The highest BCUT2D eigenvalue weighted by Crippen LogP contribution is 2.46. The molecule has 12 heteroatoms. The standard InChI is InChI=1S/C33H44N4O7S/c1-4-6-7-10-16-36(3)30(39)28-19-25(44-32(41)37-17-15-22-11-8-9-12-23(22)21-37)18-27(28)29(38)34-33(20-24(33)5-2)31(40)35-45(42,43)26-13-14-26/h4-5,8-9,11-12,24-28H,1-2,6-7,10,13-21H2,3H3,(H,34,38)(H,35,40). The lowest BCUT2D eigenvalue weighted by atomic mass is 9.93. The number of carbonyl (C=O) groups excluding carboxylic acids is 4. The maximum absolute atomic E-state index is 13.9. The molecule has 45 heavy (non-hydrogen) atoms. The zero-order chi connectivity index (χ0) is 32.4. The van der Waals surface area contributed by atoms with Gasteiger partial charge in [-0.05, 0) is 68.9 Å². The first-order valence-corrected chi connectivity index (χ1v) is 17.4. The Hall–Kier alpha value is -3.67. The summed E-state index contributed by atoms with van der Waals surface area (Å²) < 4.78 is 33.1. The lowest BCUT2D eigenvalue weighted by Gasteiger charge is -2.29. The van der Waals surface area contributed by atoms with E-state index in [1.807, 2.05) is 30.3 Å². The second-order valence-electron chi connectivity index (χ2n) is 12.9. The molecule has 0 radical (unpaired) electrons. The summed E-state index contributed by atoms with van der Waals surface area (Å²) in [6.07, 6.45) is 6.84. The Morgan fingerprint density at radius 1 is 1.09 bits per heavy atom. The molecule has 2 N–H and O–H groups in total. The van der Waals surface area contributed by atoms with E-state index < -0.39 is 62.6 Å². The molecule has 1 aliphatic heterocycles. The van der Waals surface area contributed by atoms with Crippen molar-refractivity contribution in [2.75, 3.05) is 20.1 Å². The first-order chi connectivity index (χ1) is 21.5. The summed E-state index contributed by atoms with van der Waals surface area (Å²) in [6.45, 7) is 8.91. The third kappa shape index (κ3) is 7.26. The van der Waals surface area contributed by atoms with Crippen molar-refractivity contribution < 1.29 is 32.3 Å². The van der Waals surface area contributed by atoms with Crippen molar-refractivity contribution in [1.29, 1.82) is 0 Å². The van der Waals surface area contributed by atoms with E-state index in [4.69, 9.17) is 4.74 Å². The molecule has 4 aliphatic rings. The molecule has 244 valence electrons. The topological polar surface area (TPSA) is 142 Å². The molecular formula is C33H44N4O7S. The normalized spacial score (nSPS) is 27.1. The summed E-state index contributed by atoms with van der Waals surface area (Å²) in [5.74, 6) is -3.66. The fourth-order valence-electron chi connectivity index (χ4n) is 6.58. The zero-order valence-electron chi connectivity index (χ0n) is 25.9. The Bertz CT molecular complexity index is 1460. The van der Waals surface area contributed by atoms with E-state index in [0.29, 0.717) is 38.9 Å². The number of amides is 4. The number of ether oxygens (including phenoxy) is 1. The Balaban J connectivity index is 1.29. The fraction of sp³-hybridized carbons (Fsp3) is 0.576. The lowest BCUT2D eigenvalue weighted by molar-refractivity contribution is -0.140. The van der Waals surface area contributed by atoms with Crippen LogP contribution in [0.4, 0.5) is 4.79 Å². The molecule has 5 atom stereocenters. The van der Waals surface area contributed by atoms with E-state index >= 15 is 0 Å². The molecule has 5 unspecified atom stereocenters. The molecular weight excluding hydrogens is 596 g/mol. The Morgan fingerprint density at radius 2 is 1.80 bits per heavy atom. The quantitative estimate of drug-likeness (QED) is 0.249. The van der Waals surface area contributed by atoms with Crippen molar-refractivity contribution in [2.24, 2.45) is 17.8 Å². The number of benzene rings is 1. The summed E-state index contributed by atoms with van der Waals surface area (Å²) in [4.78, 5) is 57.3. The van der Waals surface area contributed by atoms with Gasteiger partial charge in [-0.1, -0.05) is 36.4 Å². The number of hydrogen-bond donors (Lipinski definition) is 2. The van der Waals surface area contributed by atoms with Gasteiger partial charge in [-0.2, -0.15) is 0 Å². The van der Waals surface area contributed by atoms with Crippen LogP contribution in [0.25, 0.3) is 0 Å². The van der Waals surface area contributed by atoms with Crippen molar-refractivity contribution in [3.8, 4) is 0 Å². The Kier molecular flexibility index (Phi) is 9.71. The van der Waals surface area contributed by atoms with Crippen LogP contribution >= 0.6 is 0 Å². The highest BCUT2D eigenvalue weighted by atomic mass is 32.2. The van der Waals surface area contributed by atoms with Crippen molar-refractivity contribution in [2.45, 2.75) is 81.2 Å². The highest BCUT2D eigenvalue weighted by molar-refractivity contribution is 7.91. The van der Waals surface area contributed by atoms with E-state index in [0.717, 1.165) is 24.8 Å². The molecule has 3 fully saturated rings. The van der Waals surface area contributed by atoms with Crippen molar-refractivity contribution in [3.63, 3.8) is 0 Å². The van der Waals surface area contributed by atoms with Gasteiger partial charge >= 0.3 is 6.09 Å². The van der Waals surface area contributed by atoms with E-state index in [1.54, 1.807) is 16.8 Å². The third-order valence-corrected chi connectivity index (χ3v) is 11.4. The minimum absolute atomic E-state index is 0.111. The SMILES string of the molecule is C=CCCCCN(C)C(=O)C1CC(OC(=O)N2CCc3ccccc3C2)CC1C(=O)NC1(C(=O)NS(=O)(=O)C2CC2)CC1C=C. The van der Waals surface area contributed by atoms with Gasteiger partial charge in [0.2, 0.25) is 21.8 Å². The molecule has 0 spiro atoms. The van der Waals surface area contributed by atoms with E-state index in [1.165, 1.54) is 11.6 Å². The molecule has 0 bridgehead atoms. The van der Waals surface area contributed by atoms with Crippen LogP contribution in [0.1, 0.15) is 62.5 Å². The molecule has 3 aliphatic carbocycles. The van der Waals surface area contributed by atoms with Crippen molar-refractivity contribution >= 4 is 33.8 Å². The maximum Gasteiger partial charge on any atom is 0.410 e. The monoisotopic (exact) mass is 640 g/mol. The van der Waals surface area contributed by atoms with Gasteiger partial charge in [0.25, 0.3) is 5.91 Å². The molecule has 3 saturated carbocycles. The molecule has 5 rings (SSSR count). The number of sulfonamides is 1. The average molecular weight is 641 g/mol. The summed E-state index contributed by atoms with van der Waals surface area (Å²) in [7, 11) is -2.13. The Labute approximate surface area is 265 Å². The Morgan fingerprint density at radius 3 is 2.47 bits per heavy atom. The average Bonchev–Trinajstić information content (AvgIpc) is 3.95. The molecule has 0 aromatic heterocycles. The van der Waals surface area contributed by atoms with Crippen LogP contribution in [0.5, 0.6) is 0 Å². The molecule has 0 saturated heterocycles. The van der Waals surface area contributed by atoms with Crippen LogP contribution in [0.15, 0.2) is 49.6 Å². The summed E-state index contributed by atoms with van der Waals surface area (Å²) >= 11 is 0. The summed E-state index contributed by atoms with van der Waals surface area (Å²) in [6, 6.07) is 7.94. The number of fused-ring (bicyclic) bond motifs is 1. The van der Waals surface area contributed by atoms with E-state index in [-0.39, 0.29) is 25.2 Å². The number of nitrogens with one attached hydrogen (secondary N) is 2. The number of nitrogens with zero attached hydrogens (tertiary/aromatic N) is 2.